The molecule has 0 saturated carbocycles. The molecule has 1 aliphatic carbocycles. The van der Waals surface area contributed by atoms with Gasteiger partial charge in [-0.1, -0.05) is 123 Å². The largest absolute Gasteiger partial charge is 0.455 e. The summed E-state index contributed by atoms with van der Waals surface area (Å²) in [4.78, 5) is 2.41. The lowest BCUT2D eigenvalue weighted by molar-refractivity contribution is 0.660. The molecule has 0 N–H and O–H groups in total. The molecule has 0 unspecified atom stereocenters. The number of furan rings is 1. The molecule has 2 nitrogen and oxygen atoms in total. The molecule has 1 aliphatic rings. The Morgan fingerprint density at radius 3 is 2.16 bits per heavy atom. The van der Waals surface area contributed by atoms with E-state index >= 15 is 0 Å². The second kappa shape index (κ2) is 9.70. The van der Waals surface area contributed by atoms with Crippen molar-refractivity contribution in [1.82, 2.24) is 0 Å². The highest BCUT2D eigenvalue weighted by Gasteiger charge is 2.36. The second-order valence-corrected chi connectivity index (χ2v) is 12.6. The SMILES string of the molecule is CC1(C)c2ccccc2-c2ccc(N(c3cccc(-c4ccccc4)c3)c3cccc4oc5c6ccccc6ccc5c34)cc21. The summed E-state index contributed by atoms with van der Waals surface area (Å²) in [6.45, 7) is 4.69. The third-order valence-corrected chi connectivity index (χ3v) is 9.64. The van der Waals surface area contributed by atoms with Gasteiger partial charge in [0.25, 0.3) is 0 Å². The summed E-state index contributed by atoms with van der Waals surface area (Å²) < 4.78 is 6.64. The van der Waals surface area contributed by atoms with Crippen LogP contribution in [0.4, 0.5) is 17.1 Å². The Labute approximate surface area is 262 Å². The first-order chi connectivity index (χ1) is 22.1. The van der Waals surface area contributed by atoms with Gasteiger partial charge in [-0.25, -0.2) is 0 Å². The monoisotopic (exact) mass is 577 g/mol. The Morgan fingerprint density at radius 1 is 0.511 bits per heavy atom. The molecule has 214 valence electrons. The van der Waals surface area contributed by atoms with Crippen LogP contribution in [0.1, 0.15) is 25.0 Å². The summed E-state index contributed by atoms with van der Waals surface area (Å²) in [5, 5.41) is 4.55. The first-order valence-electron chi connectivity index (χ1n) is 15.6. The van der Waals surface area contributed by atoms with Gasteiger partial charge in [0.2, 0.25) is 0 Å². The van der Waals surface area contributed by atoms with Crippen LogP contribution < -0.4 is 4.90 Å². The predicted octanol–water partition coefficient (Wildman–Crippen LogP) is 12.2. The predicted molar refractivity (Wildman–Crippen MR) is 189 cm³/mol. The van der Waals surface area contributed by atoms with Crippen molar-refractivity contribution in [3.05, 3.63) is 163 Å². The molecule has 45 heavy (non-hydrogen) atoms. The van der Waals surface area contributed by atoms with E-state index in [2.05, 4.69) is 170 Å². The fourth-order valence-electron chi connectivity index (χ4n) is 7.44. The lowest BCUT2D eigenvalue weighted by Crippen LogP contribution is -2.16. The lowest BCUT2D eigenvalue weighted by atomic mass is 9.82. The van der Waals surface area contributed by atoms with Gasteiger partial charge in [-0.2, -0.15) is 0 Å². The number of nitrogens with zero attached hydrogens (tertiary/aromatic N) is 1. The maximum Gasteiger partial charge on any atom is 0.143 e. The van der Waals surface area contributed by atoms with E-state index in [0.29, 0.717) is 0 Å². The van der Waals surface area contributed by atoms with Gasteiger partial charge in [0.15, 0.2) is 0 Å². The molecule has 0 amide bonds. The van der Waals surface area contributed by atoms with Crippen molar-refractivity contribution in [2.24, 2.45) is 0 Å². The number of rotatable bonds is 4. The van der Waals surface area contributed by atoms with Gasteiger partial charge < -0.3 is 9.32 Å². The number of benzene rings is 7. The van der Waals surface area contributed by atoms with E-state index in [1.54, 1.807) is 0 Å². The molecule has 0 bridgehead atoms. The van der Waals surface area contributed by atoms with E-state index in [0.717, 1.165) is 44.4 Å². The van der Waals surface area contributed by atoms with Gasteiger partial charge in [0, 0.05) is 27.6 Å². The Morgan fingerprint density at radius 2 is 1.24 bits per heavy atom. The minimum Gasteiger partial charge on any atom is -0.455 e. The maximum atomic E-state index is 6.64. The highest BCUT2D eigenvalue weighted by atomic mass is 16.3. The number of anilines is 3. The summed E-state index contributed by atoms with van der Waals surface area (Å²) in [6.07, 6.45) is 0. The van der Waals surface area contributed by atoms with Crippen LogP contribution >= 0.6 is 0 Å². The van der Waals surface area contributed by atoms with Crippen molar-refractivity contribution in [3.8, 4) is 22.3 Å². The molecule has 1 heterocycles. The minimum atomic E-state index is -0.104. The van der Waals surface area contributed by atoms with Gasteiger partial charge in [0.05, 0.1) is 11.1 Å². The van der Waals surface area contributed by atoms with Crippen molar-refractivity contribution in [2.45, 2.75) is 19.3 Å². The molecule has 2 heteroatoms. The zero-order chi connectivity index (χ0) is 30.1. The number of hydrogen-bond acceptors (Lipinski definition) is 2. The van der Waals surface area contributed by atoms with E-state index in [1.807, 2.05) is 0 Å². The van der Waals surface area contributed by atoms with Crippen LogP contribution in [0.15, 0.2) is 156 Å². The normalized spacial score (nSPS) is 13.3. The van der Waals surface area contributed by atoms with Crippen LogP contribution in [0.25, 0.3) is 55.0 Å². The number of hydrogen-bond donors (Lipinski definition) is 0. The Kier molecular flexibility index (Phi) is 5.58. The van der Waals surface area contributed by atoms with Crippen molar-refractivity contribution >= 4 is 49.8 Å². The molecule has 0 spiro atoms. The van der Waals surface area contributed by atoms with Crippen LogP contribution in [-0.4, -0.2) is 0 Å². The van der Waals surface area contributed by atoms with E-state index in [1.165, 1.54) is 38.8 Å². The van der Waals surface area contributed by atoms with Crippen molar-refractivity contribution in [1.29, 1.82) is 0 Å². The van der Waals surface area contributed by atoms with E-state index in [-0.39, 0.29) is 5.41 Å². The van der Waals surface area contributed by atoms with Crippen LogP contribution in [0, 0.1) is 0 Å². The Bertz CT molecular complexity index is 2410. The Hall–Kier alpha value is -5.60. The molecule has 8 aromatic rings. The van der Waals surface area contributed by atoms with Gasteiger partial charge in [-0.15, -0.1) is 0 Å². The van der Waals surface area contributed by atoms with Gasteiger partial charge >= 0.3 is 0 Å². The lowest BCUT2D eigenvalue weighted by Gasteiger charge is -2.29. The molecule has 0 fully saturated rings. The van der Waals surface area contributed by atoms with Crippen LogP contribution in [0.3, 0.4) is 0 Å². The average Bonchev–Trinajstić information content (AvgIpc) is 3.59. The zero-order valence-corrected chi connectivity index (χ0v) is 25.3. The van der Waals surface area contributed by atoms with Crippen molar-refractivity contribution in [2.75, 3.05) is 4.90 Å². The van der Waals surface area contributed by atoms with Gasteiger partial charge in [-0.05, 0) is 81.2 Å². The standard InChI is InChI=1S/C43H31NO/c1-43(2)37-19-9-8-18-34(37)35-25-23-32(27-38(35)43)44(31-16-10-15-30(26-31)28-12-4-3-5-13-28)39-20-11-21-40-41(39)36-24-22-29-14-6-7-17-33(29)42(36)45-40/h3-27H,1-2H3. The van der Waals surface area contributed by atoms with Gasteiger partial charge in [0.1, 0.15) is 11.2 Å². The minimum absolute atomic E-state index is 0.104. The maximum absolute atomic E-state index is 6.64. The second-order valence-electron chi connectivity index (χ2n) is 12.6. The average molecular weight is 578 g/mol. The smallest absolute Gasteiger partial charge is 0.143 e. The molecule has 0 radical (unpaired) electrons. The van der Waals surface area contributed by atoms with Crippen LogP contribution in [0.5, 0.6) is 0 Å². The number of fused-ring (bicyclic) bond motifs is 8. The molecule has 9 rings (SSSR count). The Balaban J connectivity index is 1.32. The summed E-state index contributed by atoms with van der Waals surface area (Å²) in [6, 6.07) is 54.7. The fourth-order valence-corrected chi connectivity index (χ4v) is 7.44. The zero-order valence-electron chi connectivity index (χ0n) is 25.3. The highest BCUT2D eigenvalue weighted by molar-refractivity contribution is 6.19. The molecule has 7 aromatic carbocycles. The molecule has 0 aliphatic heterocycles. The molecule has 1 aromatic heterocycles. The van der Waals surface area contributed by atoms with Crippen LogP contribution in [0.2, 0.25) is 0 Å². The summed E-state index contributed by atoms with van der Waals surface area (Å²) in [5.41, 5.74) is 12.8. The fraction of sp³-hybridized carbons (Fsp3) is 0.0698. The molecule has 0 saturated heterocycles. The van der Waals surface area contributed by atoms with E-state index in [9.17, 15) is 0 Å². The molecule has 0 atom stereocenters. The van der Waals surface area contributed by atoms with Crippen molar-refractivity contribution in [3.63, 3.8) is 0 Å². The van der Waals surface area contributed by atoms with E-state index < -0.39 is 0 Å². The molecular weight excluding hydrogens is 546 g/mol. The first kappa shape index (κ1) is 25.9. The highest BCUT2D eigenvalue weighted by Crippen LogP contribution is 2.51. The van der Waals surface area contributed by atoms with Crippen molar-refractivity contribution < 1.29 is 4.42 Å². The third kappa shape index (κ3) is 3.89. The first-order valence-corrected chi connectivity index (χ1v) is 15.6. The van der Waals surface area contributed by atoms with E-state index in [4.69, 9.17) is 4.42 Å². The summed E-state index contributed by atoms with van der Waals surface area (Å²) in [5.74, 6) is 0. The summed E-state index contributed by atoms with van der Waals surface area (Å²) >= 11 is 0. The van der Waals surface area contributed by atoms with Gasteiger partial charge in [-0.3, -0.25) is 0 Å². The third-order valence-electron chi connectivity index (χ3n) is 9.64. The molecular formula is C43H31NO. The topological polar surface area (TPSA) is 16.4 Å². The van der Waals surface area contributed by atoms with Crippen LogP contribution in [-0.2, 0) is 5.41 Å². The summed E-state index contributed by atoms with van der Waals surface area (Å²) in [7, 11) is 0. The quantitative estimate of drug-likeness (QED) is 0.207.